The topological polar surface area (TPSA) is 20.3 Å². The maximum absolute atomic E-state index is 12.1. The van der Waals surface area contributed by atoms with Crippen molar-refractivity contribution in [2.24, 2.45) is 10.8 Å². The summed E-state index contributed by atoms with van der Waals surface area (Å²) < 4.78 is 0. The van der Waals surface area contributed by atoms with E-state index in [0.717, 1.165) is 13.1 Å². The van der Waals surface area contributed by atoms with E-state index in [1.807, 2.05) is 0 Å². The maximum atomic E-state index is 12.1. The third-order valence-corrected chi connectivity index (χ3v) is 4.14. The molecule has 4 fully saturated rings. The third kappa shape index (κ3) is 0.866. The molecule has 0 spiro atoms. The number of likely N-dealkylation sites (tertiary alicyclic amines) is 1. The van der Waals surface area contributed by atoms with E-state index in [1.54, 1.807) is 0 Å². The first-order valence-electron chi connectivity index (χ1n) is 5.43. The molecule has 1 heterocycles. The standard InChI is InChI=1S/C11H17NO/c1-10-6-11(7-10,8-10)9(13)12-4-2-3-5-12/h2-8H2,1H3. The van der Waals surface area contributed by atoms with Gasteiger partial charge in [0.1, 0.15) is 0 Å². The van der Waals surface area contributed by atoms with E-state index < -0.39 is 0 Å². The summed E-state index contributed by atoms with van der Waals surface area (Å²) in [6, 6.07) is 0. The third-order valence-electron chi connectivity index (χ3n) is 4.14. The highest BCUT2D eigenvalue weighted by Gasteiger charge is 2.69. The molecular weight excluding hydrogens is 162 g/mol. The van der Waals surface area contributed by atoms with E-state index in [2.05, 4.69) is 11.8 Å². The van der Waals surface area contributed by atoms with Gasteiger partial charge in [-0.25, -0.2) is 0 Å². The molecular formula is C11H17NO. The Morgan fingerprint density at radius 3 is 2.15 bits per heavy atom. The largest absolute Gasteiger partial charge is 0.342 e. The van der Waals surface area contributed by atoms with Gasteiger partial charge in [-0.3, -0.25) is 4.79 Å². The van der Waals surface area contributed by atoms with Crippen molar-refractivity contribution >= 4 is 5.91 Å². The molecule has 0 unspecified atom stereocenters. The van der Waals surface area contributed by atoms with Crippen LogP contribution in [0.3, 0.4) is 0 Å². The lowest BCUT2D eigenvalue weighted by Crippen LogP contribution is -2.66. The fourth-order valence-electron chi connectivity index (χ4n) is 3.78. The molecule has 1 aliphatic heterocycles. The SMILES string of the molecule is CC12CC(C(=O)N3CCCC3)(C1)C2. The lowest BCUT2D eigenvalue weighted by atomic mass is 9.35. The Bertz CT molecular complexity index is 245. The summed E-state index contributed by atoms with van der Waals surface area (Å²) in [6.45, 7) is 4.36. The molecule has 2 heteroatoms. The molecule has 0 N–H and O–H groups in total. The molecule has 1 saturated heterocycles. The van der Waals surface area contributed by atoms with Crippen LogP contribution in [0.2, 0.25) is 0 Å². The highest BCUT2D eigenvalue weighted by molar-refractivity contribution is 5.86. The average Bonchev–Trinajstić information content (AvgIpc) is 2.47. The summed E-state index contributed by atoms with van der Waals surface area (Å²) >= 11 is 0. The minimum atomic E-state index is 0.138. The van der Waals surface area contributed by atoms with Crippen molar-refractivity contribution in [1.29, 1.82) is 0 Å². The minimum absolute atomic E-state index is 0.138. The van der Waals surface area contributed by atoms with Crippen molar-refractivity contribution in [3.8, 4) is 0 Å². The van der Waals surface area contributed by atoms with E-state index in [-0.39, 0.29) is 5.41 Å². The first kappa shape index (κ1) is 7.84. The molecule has 3 aliphatic carbocycles. The van der Waals surface area contributed by atoms with E-state index in [1.165, 1.54) is 32.1 Å². The van der Waals surface area contributed by atoms with Crippen molar-refractivity contribution in [3.63, 3.8) is 0 Å². The number of rotatable bonds is 1. The molecule has 13 heavy (non-hydrogen) atoms. The van der Waals surface area contributed by atoms with Crippen molar-refractivity contribution in [2.75, 3.05) is 13.1 Å². The van der Waals surface area contributed by atoms with Gasteiger partial charge in [-0.1, -0.05) is 6.92 Å². The minimum Gasteiger partial charge on any atom is -0.342 e. The fourth-order valence-corrected chi connectivity index (χ4v) is 3.78. The van der Waals surface area contributed by atoms with Crippen LogP contribution in [0.4, 0.5) is 0 Å². The molecule has 2 nitrogen and oxygen atoms in total. The highest BCUT2D eigenvalue weighted by Crippen LogP contribution is 2.73. The Hall–Kier alpha value is -0.530. The number of hydrogen-bond donors (Lipinski definition) is 0. The fraction of sp³-hybridized carbons (Fsp3) is 0.909. The lowest BCUT2D eigenvalue weighted by Gasteiger charge is -2.68. The van der Waals surface area contributed by atoms with Crippen LogP contribution in [-0.4, -0.2) is 23.9 Å². The number of carbonyl (C=O) groups is 1. The zero-order chi connectivity index (χ0) is 9.10. The van der Waals surface area contributed by atoms with Crippen LogP contribution < -0.4 is 0 Å². The summed E-state index contributed by atoms with van der Waals surface area (Å²) in [5.41, 5.74) is 0.703. The quantitative estimate of drug-likeness (QED) is 0.601. The molecule has 0 atom stereocenters. The first-order valence-corrected chi connectivity index (χ1v) is 5.43. The van der Waals surface area contributed by atoms with Crippen molar-refractivity contribution in [3.05, 3.63) is 0 Å². The van der Waals surface area contributed by atoms with Crippen LogP contribution in [0.1, 0.15) is 39.0 Å². The maximum Gasteiger partial charge on any atom is 0.228 e. The van der Waals surface area contributed by atoms with Crippen LogP contribution in [-0.2, 0) is 4.79 Å². The van der Waals surface area contributed by atoms with Crippen LogP contribution in [0.25, 0.3) is 0 Å². The van der Waals surface area contributed by atoms with Gasteiger partial charge in [0, 0.05) is 13.1 Å². The number of nitrogens with zero attached hydrogens (tertiary/aromatic N) is 1. The van der Waals surface area contributed by atoms with Gasteiger partial charge >= 0.3 is 0 Å². The molecule has 0 aromatic heterocycles. The summed E-state index contributed by atoms with van der Waals surface area (Å²) in [7, 11) is 0. The summed E-state index contributed by atoms with van der Waals surface area (Å²) in [5, 5.41) is 0. The zero-order valence-electron chi connectivity index (χ0n) is 8.31. The van der Waals surface area contributed by atoms with Crippen LogP contribution in [0.5, 0.6) is 0 Å². The monoisotopic (exact) mass is 179 g/mol. The van der Waals surface area contributed by atoms with Crippen molar-refractivity contribution in [2.45, 2.75) is 39.0 Å². The summed E-state index contributed by atoms with van der Waals surface area (Å²) in [5.74, 6) is 0.480. The predicted molar refractivity (Wildman–Crippen MR) is 50.2 cm³/mol. The summed E-state index contributed by atoms with van der Waals surface area (Å²) in [6.07, 6.45) is 5.97. The molecule has 72 valence electrons. The van der Waals surface area contributed by atoms with Gasteiger partial charge in [-0.15, -0.1) is 0 Å². The molecule has 2 bridgehead atoms. The van der Waals surface area contributed by atoms with Gasteiger partial charge < -0.3 is 4.90 Å². The molecule has 0 aromatic carbocycles. The van der Waals surface area contributed by atoms with Gasteiger partial charge in [0.15, 0.2) is 0 Å². The number of carbonyl (C=O) groups excluding carboxylic acids is 1. The van der Waals surface area contributed by atoms with E-state index in [4.69, 9.17) is 0 Å². The lowest BCUT2D eigenvalue weighted by molar-refractivity contribution is -0.208. The average molecular weight is 179 g/mol. The van der Waals surface area contributed by atoms with E-state index in [9.17, 15) is 4.79 Å². The van der Waals surface area contributed by atoms with Crippen LogP contribution in [0, 0.1) is 10.8 Å². The van der Waals surface area contributed by atoms with E-state index >= 15 is 0 Å². The first-order chi connectivity index (χ1) is 6.14. The molecule has 4 rings (SSSR count). The van der Waals surface area contributed by atoms with Gasteiger partial charge in [-0.2, -0.15) is 0 Å². The Balaban J connectivity index is 1.70. The highest BCUT2D eigenvalue weighted by atomic mass is 16.2. The van der Waals surface area contributed by atoms with Crippen molar-refractivity contribution in [1.82, 2.24) is 4.90 Å². The predicted octanol–water partition coefficient (Wildman–Crippen LogP) is 1.80. The Labute approximate surface area is 79.3 Å². The second-order valence-electron chi connectivity index (χ2n) is 5.62. The molecule has 0 radical (unpaired) electrons. The second kappa shape index (κ2) is 2.10. The van der Waals surface area contributed by atoms with Gasteiger partial charge in [-0.05, 0) is 37.5 Å². The summed E-state index contributed by atoms with van der Waals surface area (Å²) in [4.78, 5) is 14.2. The Kier molecular flexibility index (Phi) is 1.27. The van der Waals surface area contributed by atoms with E-state index in [0.29, 0.717) is 11.3 Å². The molecule has 4 aliphatic rings. The molecule has 3 saturated carbocycles. The van der Waals surface area contributed by atoms with Crippen molar-refractivity contribution < 1.29 is 4.79 Å². The van der Waals surface area contributed by atoms with Gasteiger partial charge in [0.2, 0.25) is 5.91 Å². The zero-order valence-corrected chi connectivity index (χ0v) is 8.31. The van der Waals surface area contributed by atoms with Crippen LogP contribution in [0.15, 0.2) is 0 Å². The smallest absolute Gasteiger partial charge is 0.228 e. The number of amides is 1. The molecule has 0 aromatic rings. The van der Waals surface area contributed by atoms with Crippen LogP contribution >= 0.6 is 0 Å². The Morgan fingerprint density at radius 2 is 1.69 bits per heavy atom. The number of hydrogen-bond acceptors (Lipinski definition) is 1. The van der Waals surface area contributed by atoms with Gasteiger partial charge in [0.05, 0.1) is 5.41 Å². The van der Waals surface area contributed by atoms with Gasteiger partial charge in [0.25, 0.3) is 0 Å². The second-order valence-corrected chi connectivity index (χ2v) is 5.62. The Morgan fingerprint density at radius 1 is 1.15 bits per heavy atom. The molecule has 1 amide bonds. The normalized spacial score (nSPS) is 47.0.